The lowest BCUT2D eigenvalue weighted by atomic mass is 9.85. The molecule has 2 atom stereocenters. The molecule has 5 heteroatoms. The standard InChI is InChI=1S/C12H19NO4/c14-10(8-4-2-1-3-5-8)12(16)17-11(15)9-6-7-13-9/h8-10,13-14H,1-7H2. The van der Waals surface area contributed by atoms with Crippen molar-refractivity contribution in [3.05, 3.63) is 0 Å². The van der Waals surface area contributed by atoms with Gasteiger partial charge >= 0.3 is 11.9 Å². The average Bonchev–Trinajstić information content (AvgIpc) is 2.26. The number of carbonyl (C=O) groups excluding carboxylic acids is 2. The molecule has 1 saturated heterocycles. The first-order chi connectivity index (χ1) is 8.18. The van der Waals surface area contributed by atoms with Crippen LogP contribution < -0.4 is 5.32 Å². The zero-order chi connectivity index (χ0) is 12.3. The van der Waals surface area contributed by atoms with Gasteiger partial charge in [0.05, 0.1) is 0 Å². The lowest BCUT2D eigenvalue weighted by Crippen LogP contribution is -2.50. The number of esters is 2. The van der Waals surface area contributed by atoms with E-state index in [9.17, 15) is 14.7 Å². The van der Waals surface area contributed by atoms with Crippen LogP contribution in [0.25, 0.3) is 0 Å². The van der Waals surface area contributed by atoms with Crippen LogP contribution in [0.15, 0.2) is 0 Å². The first kappa shape index (κ1) is 12.5. The quantitative estimate of drug-likeness (QED) is 0.551. The van der Waals surface area contributed by atoms with E-state index in [1.165, 1.54) is 0 Å². The summed E-state index contributed by atoms with van der Waals surface area (Å²) in [5, 5.41) is 12.7. The summed E-state index contributed by atoms with van der Waals surface area (Å²) in [4.78, 5) is 23.0. The van der Waals surface area contributed by atoms with Crippen LogP contribution >= 0.6 is 0 Å². The van der Waals surface area contributed by atoms with Gasteiger partial charge in [-0.3, -0.25) is 0 Å². The maximum atomic E-state index is 11.6. The van der Waals surface area contributed by atoms with Crippen LogP contribution in [0.1, 0.15) is 38.5 Å². The Morgan fingerprint density at radius 3 is 2.35 bits per heavy atom. The van der Waals surface area contributed by atoms with Crippen molar-refractivity contribution in [3.63, 3.8) is 0 Å². The number of nitrogens with one attached hydrogen (secondary N) is 1. The van der Waals surface area contributed by atoms with Gasteiger partial charge in [-0.05, 0) is 31.7 Å². The molecule has 0 amide bonds. The third kappa shape index (κ3) is 3.04. The zero-order valence-electron chi connectivity index (χ0n) is 9.85. The Bertz CT molecular complexity index is 295. The lowest BCUT2D eigenvalue weighted by Gasteiger charge is -2.27. The number of rotatable bonds is 3. The Morgan fingerprint density at radius 2 is 1.82 bits per heavy atom. The Kier molecular flexibility index (Phi) is 4.12. The smallest absolute Gasteiger partial charge is 0.342 e. The minimum absolute atomic E-state index is 0.0431. The molecule has 2 rings (SSSR count). The van der Waals surface area contributed by atoms with Gasteiger partial charge in [0.15, 0.2) is 6.10 Å². The molecule has 1 aliphatic carbocycles. The fourth-order valence-electron chi connectivity index (χ4n) is 2.36. The third-order valence-corrected chi connectivity index (χ3v) is 3.65. The molecule has 0 aromatic heterocycles. The zero-order valence-corrected chi connectivity index (χ0v) is 9.85. The highest BCUT2D eigenvalue weighted by Crippen LogP contribution is 2.27. The molecule has 1 heterocycles. The SMILES string of the molecule is O=C(OC(=O)C(O)C1CCCCC1)C1CCN1. The Balaban J connectivity index is 1.79. The minimum atomic E-state index is -1.14. The van der Waals surface area contributed by atoms with Crippen molar-refractivity contribution in [3.8, 4) is 0 Å². The van der Waals surface area contributed by atoms with Gasteiger partial charge in [-0.15, -0.1) is 0 Å². The first-order valence-corrected chi connectivity index (χ1v) is 6.35. The minimum Gasteiger partial charge on any atom is -0.390 e. The molecule has 2 unspecified atom stereocenters. The second kappa shape index (κ2) is 5.60. The van der Waals surface area contributed by atoms with Crippen LogP contribution in [0, 0.1) is 5.92 Å². The number of carbonyl (C=O) groups is 2. The van der Waals surface area contributed by atoms with Crippen LogP contribution in [0.3, 0.4) is 0 Å². The first-order valence-electron chi connectivity index (χ1n) is 6.35. The molecule has 0 spiro atoms. The van der Waals surface area contributed by atoms with Crippen LogP contribution in [-0.4, -0.2) is 35.7 Å². The van der Waals surface area contributed by atoms with Crippen molar-refractivity contribution < 1.29 is 19.4 Å². The molecule has 2 fully saturated rings. The predicted octanol–water partition coefficient (Wildman–Crippen LogP) is 0.359. The molecule has 0 radical (unpaired) electrons. The topological polar surface area (TPSA) is 75.6 Å². The summed E-state index contributed by atoms with van der Waals surface area (Å²) in [6.07, 6.45) is 4.47. The van der Waals surface area contributed by atoms with Crippen LogP contribution in [0.4, 0.5) is 0 Å². The number of aliphatic hydroxyl groups excluding tert-OH is 1. The van der Waals surface area contributed by atoms with Gasteiger partial charge in [0.25, 0.3) is 0 Å². The van der Waals surface area contributed by atoms with Crippen molar-refractivity contribution >= 4 is 11.9 Å². The Hall–Kier alpha value is -0.940. The molecule has 5 nitrogen and oxygen atoms in total. The number of hydrogen-bond acceptors (Lipinski definition) is 5. The van der Waals surface area contributed by atoms with E-state index in [-0.39, 0.29) is 12.0 Å². The molecule has 17 heavy (non-hydrogen) atoms. The third-order valence-electron chi connectivity index (χ3n) is 3.65. The van der Waals surface area contributed by atoms with Gasteiger partial charge in [0.2, 0.25) is 0 Å². The Labute approximate surface area is 101 Å². The number of ether oxygens (including phenoxy) is 1. The summed E-state index contributed by atoms with van der Waals surface area (Å²) >= 11 is 0. The van der Waals surface area contributed by atoms with Gasteiger partial charge in [-0.25, -0.2) is 9.59 Å². The second-order valence-electron chi connectivity index (χ2n) is 4.88. The monoisotopic (exact) mass is 241 g/mol. The molecular weight excluding hydrogens is 222 g/mol. The van der Waals surface area contributed by atoms with Crippen molar-refractivity contribution in [1.29, 1.82) is 0 Å². The summed E-state index contributed by atoms with van der Waals surface area (Å²) < 4.78 is 4.68. The van der Waals surface area contributed by atoms with Crippen molar-refractivity contribution in [1.82, 2.24) is 5.32 Å². The maximum absolute atomic E-state index is 11.6. The Morgan fingerprint density at radius 1 is 1.18 bits per heavy atom. The maximum Gasteiger partial charge on any atom is 0.342 e. The van der Waals surface area contributed by atoms with E-state index in [2.05, 4.69) is 10.1 Å². The highest BCUT2D eigenvalue weighted by Gasteiger charge is 2.33. The average molecular weight is 241 g/mol. The molecule has 0 aromatic rings. The van der Waals surface area contributed by atoms with Gasteiger partial charge in [-0.2, -0.15) is 0 Å². The van der Waals surface area contributed by atoms with E-state index in [0.717, 1.165) is 38.6 Å². The number of hydrogen-bond donors (Lipinski definition) is 2. The van der Waals surface area contributed by atoms with Crippen LogP contribution in [0.2, 0.25) is 0 Å². The lowest BCUT2D eigenvalue weighted by molar-refractivity contribution is -0.170. The molecule has 2 aliphatic rings. The van der Waals surface area contributed by atoms with E-state index in [4.69, 9.17) is 0 Å². The molecule has 1 aliphatic heterocycles. The number of aliphatic hydroxyl groups is 1. The molecular formula is C12H19NO4. The fraction of sp³-hybridized carbons (Fsp3) is 0.833. The molecule has 96 valence electrons. The molecule has 0 bridgehead atoms. The van der Waals surface area contributed by atoms with Crippen molar-refractivity contribution in [2.24, 2.45) is 5.92 Å². The predicted molar refractivity (Wildman–Crippen MR) is 60.1 cm³/mol. The van der Waals surface area contributed by atoms with Crippen LogP contribution in [-0.2, 0) is 14.3 Å². The van der Waals surface area contributed by atoms with E-state index in [0.29, 0.717) is 6.42 Å². The van der Waals surface area contributed by atoms with Gasteiger partial charge in [-0.1, -0.05) is 19.3 Å². The fourth-order valence-corrected chi connectivity index (χ4v) is 2.36. The summed E-state index contributed by atoms with van der Waals surface area (Å²) in [5.74, 6) is -1.38. The molecule has 1 saturated carbocycles. The summed E-state index contributed by atoms with van der Waals surface area (Å²) in [5.41, 5.74) is 0. The van der Waals surface area contributed by atoms with E-state index >= 15 is 0 Å². The van der Waals surface area contributed by atoms with E-state index in [1.807, 2.05) is 0 Å². The highest BCUT2D eigenvalue weighted by atomic mass is 16.6. The van der Waals surface area contributed by atoms with Crippen LogP contribution in [0.5, 0.6) is 0 Å². The van der Waals surface area contributed by atoms with Gasteiger partial charge in [0, 0.05) is 0 Å². The second-order valence-corrected chi connectivity index (χ2v) is 4.88. The summed E-state index contributed by atoms with van der Waals surface area (Å²) in [6.45, 7) is 0.777. The van der Waals surface area contributed by atoms with E-state index < -0.39 is 18.0 Å². The van der Waals surface area contributed by atoms with Crippen molar-refractivity contribution in [2.75, 3.05) is 6.54 Å². The highest BCUT2D eigenvalue weighted by molar-refractivity contribution is 5.90. The summed E-state index contributed by atoms with van der Waals surface area (Å²) in [6, 6.07) is -0.363. The molecule has 2 N–H and O–H groups in total. The van der Waals surface area contributed by atoms with Gasteiger partial charge in [0.1, 0.15) is 6.04 Å². The van der Waals surface area contributed by atoms with Crippen molar-refractivity contribution in [2.45, 2.75) is 50.7 Å². The normalized spacial score (nSPS) is 27.0. The summed E-state index contributed by atoms with van der Waals surface area (Å²) in [7, 11) is 0. The van der Waals surface area contributed by atoms with Gasteiger partial charge < -0.3 is 15.2 Å². The molecule has 0 aromatic carbocycles. The largest absolute Gasteiger partial charge is 0.390 e. The van der Waals surface area contributed by atoms with E-state index in [1.54, 1.807) is 0 Å².